The van der Waals surface area contributed by atoms with Gasteiger partial charge in [-0.1, -0.05) is 147 Å². The zero-order valence-corrected chi connectivity index (χ0v) is 31.2. The number of ether oxygens (including phenoxy) is 1. The molecular weight excluding hydrogens is 669 g/mol. The largest absolute Gasteiger partial charge is 0.453 e. The van der Waals surface area contributed by atoms with Crippen LogP contribution in [0.4, 0.5) is 34.1 Å². The molecule has 0 aliphatic carbocycles. The summed E-state index contributed by atoms with van der Waals surface area (Å²) in [5, 5.41) is 0. The van der Waals surface area contributed by atoms with Crippen LogP contribution in [0.3, 0.4) is 0 Å². The van der Waals surface area contributed by atoms with E-state index in [0.717, 1.165) is 39.9 Å². The second-order valence-corrected chi connectivity index (χ2v) is 15.1. The molecule has 0 unspecified atom stereocenters. The smallest absolute Gasteiger partial charge is 0.151 e. The van der Waals surface area contributed by atoms with Crippen molar-refractivity contribution in [2.45, 2.75) is 26.2 Å². The number of rotatable bonds is 6. The molecule has 2 aliphatic rings. The highest BCUT2D eigenvalue weighted by Crippen LogP contribution is 2.60. The summed E-state index contributed by atoms with van der Waals surface area (Å²) in [4.78, 5) is 4.75. The molecule has 2 aliphatic heterocycles. The SMILES string of the molecule is Cc1cccc2c1N1c3cc(-c4ccc(-c5ccc(N(c6ccccc6)c6ccc(-c7ccccc7)cc6)cc5)cc4)ccc3C(C)(C)c3cccc(c31)O2. The third kappa shape index (κ3) is 5.51. The summed E-state index contributed by atoms with van der Waals surface area (Å²) in [7, 11) is 0. The first-order valence-electron chi connectivity index (χ1n) is 19.0. The maximum atomic E-state index is 6.52. The van der Waals surface area contributed by atoms with E-state index in [1.807, 2.05) is 0 Å². The average molecular weight is 709 g/mol. The molecule has 0 saturated heterocycles. The van der Waals surface area contributed by atoms with Crippen molar-refractivity contribution in [2.75, 3.05) is 9.80 Å². The zero-order chi connectivity index (χ0) is 37.1. The lowest BCUT2D eigenvalue weighted by molar-refractivity contribution is 0.471. The van der Waals surface area contributed by atoms with Crippen molar-refractivity contribution in [1.82, 2.24) is 0 Å². The minimum Gasteiger partial charge on any atom is -0.453 e. The van der Waals surface area contributed by atoms with Crippen LogP contribution in [-0.2, 0) is 5.41 Å². The number of hydrogen-bond donors (Lipinski definition) is 0. The van der Waals surface area contributed by atoms with Gasteiger partial charge < -0.3 is 14.5 Å². The molecule has 0 aromatic heterocycles. The van der Waals surface area contributed by atoms with Gasteiger partial charge in [0.2, 0.25) is 0 Å². The highest BCUT2D eigenvalue weighted by molar-refractivity contribution is 5.95. The molecular formula is C52H40N2O. The van der Waals surface area contributed by atoms with Gasteiger partial charge in [0.05, 0.1) is 17.1 Å². The van der Waals surface area contributed by atoms with Gasteiger partial charge in [-0.15, -0.1) is 0 Å². The lowest BCUT2D eigenvalue weighted by Crippen LogP contribution is -2.32. The Bertz CT molecular complexity index is 2680. The van der Waals surface area contributed by atoms with Gasteiger partial charge in [0, 0.05) is 22.5 Å². The fraction of sp³-hybridized carbons (Fsp3) is 0.0769. The van der Waals surface area contributed by atoms with E-state index in [9.17, 15) is 0 Å². The lowest BCUT2D eigenvalue weighted by atomic mass is 9.72. The van der Waals surface area contributed by atoms with Crippen LogP contribution in [0.25, 0.3) is 33.4 Å². The van der Waals surface area contributed by atoms with Crippen molar-refractivity contribution < 1.29 is 4.74 Å². The van der Waals surface area contributed by atoms with E-state index in [1.165, 1.54) is 55.8 Å². The fourth-order valence-corrected chi connectivity index (χ4v) is 8.50. The van der Waals surface area contributed by atoms with E-state index in [-0.39, 0.29) is 5.41 Å². The molecule has 0 fully saturated rings. The number of anilines is 6. The standard InChI is InChI=1S/C52H40N2O/c1-35-12-10-18-48-50(35)54-47-34-41(28-33-45(47)52(2,3)46-17-11-19-49(55-48)51(46)54)40-22-20-37(21-23-40)39-26-31-44(32-27-39)53(42-15-8-5-9-16-42)43-29-24-38(25-30-43)36-13-6-4-7-14-36/h4-34H,1-3H3. The third-order valence-electron chi connectivity index (χ3n) is 11.4. The number of nitrogens with zero attached hydrogens (tertiary/aromatic N) is 2. The molecule has 0 spiro atoms. The van der Waals surface area contributed by atoms with E-state index in [2.05, 4.69) is 219 Å². The number of para-hydroxylation sites is 3. The summed E-state index contributed by atoms with van der Waals surface area (Å²) in [6.45, 7) is 6.83. The van der Waals surface area contributed by atoms with Crippen LogP contribution < -0.4 is 14.5 Å². The molecule has 55 heavy (non-hydrogen) atoms. The van der Waals surface area contributed by atoms with Gasteiger partial charge in [-0.25, -0.2) is 0 Å². The maximum absolute atomic E-state index is 6.52. The van der Waals surface area contributed by atoms with Crippen LogP contribution in [0.2, 0.25) is 0 Å². The van der Waals surface area contributed by atoms with Gasteiger partial charge in [0.1, 0.15) is 0 Å². The molecule has 264 valence electrons. The molecule has 0 amide bonds. The topological polar surface area (TPSA) is 15.7 Å². The van der Waals surface area contributed by atoms with Crippen molar-refractivity contribution in [2.24, 2.45) is 0 Å². The van der Waals surface area contributed by atoms with Gasteiger partial charge in [-0.3, -0.25) is 0 Å². The zero-order valence-electron chi connectivity index (χ0n) is 31.2. The second kappa shape index (κ2) is 12.9. The summed E-state index contributed by atoms with van der Waals surface area (Å²) < 4.78 is 6.52. The van der Waals surface area contributed by atoms with E-state index >= 15 is 0 Å². The second-order valence-electron chi connectivity index (χ2n) is 15.1. The Kier molecular flexibility index (Phi) is 7.71. The van der Waals surface area contributed by atoms with Gasteiger partial charge in [-0.2, -0.15) is 0 Å². The van der Waals surface area contributed by atoms with E-state index in [0.29, 0.717) is 0 Å². The van der Waals surface area contributed by atoms with Crippen LogP contribution in [0.15, 0.2) is 188 Å². The van der Waals surface area contributed by atoms with E-state index in [1.54, 1.807) is 0 Å². The normalized spacial score (nSPS) is 13.3. The van der Waals surface area contributed by atoms with Gasteiger partial charge in [0.25, 0.3) is 0 Å². The lowest BCUT2D eigenvalue weighted by Gasteiger charge is -2.45. The number of benzene rings is 8. The van der Waals surface area contributed by atoms with Crippen molar-refractivity contribution in [3.05, 3.63) is 205 Å². The highest BCUT2D eigenvalue weighted by Gasteiger charge is 2.42. The van der Waals surface area contributed by atoms with Crippen LogP contribution >= 0.6 is 0 Å². The highest BCUT2D eigenvalue weighted by atomic mass is 16.5. The van der Waals surface area contributed by atoms with Gasteiger partial charge >= 0.3 is 0 Å². The van der Waals surface area contributed by atoms with Crippen LogP contribution in [0.1, 0.15) is 30.5 Å². The molecule has 8 aromatic rings. The summed E-state index contributed by atoms with van der Waals surface area (Å²) >= 11 is 0. The average Bonchev–Trinajstić information content (AvgIpc) is 3.24. The number of hydrogen-bond acceptors (Lipinski definition) is 3. The third-order valence-corrected chi connectivity index (χ3v) is 11.4. The summed E-state index contributed by atoms with van der Waals surface area (Å²) in [6.07, 6.45) is 0. The molecule has 0 saturated carbocycles. The van der Waals surface area contributed by atoms with Gasteiger partial charge in [0.15, 0.2) is 11.5 Å². The molecule has 3 nitrogen and oxygen atoms in total. The van der Waals surface area contributed by atoms with Crippen molar-refractivity contribution in [1.29, 1.82) is 0 Å². The van der Waals surface area contributed by atoms with Crippen LogP contribution in [0, 0.1) is 6.92 Å². The van der Waals surface area contributed by atoms with E-state index in [4.69, 9.17) is 4.74 Å². The summed E-state index contributed by atoms with van der Waals surface area (Å²) in [5.41, 5.74) is 17.6. The predicted octanol–water partition coefficient (Wildman–Crippen LogP) is 14.7. The van der Waals surface area contributed by atoms with Crippen molar-refractivity contribution in [3.63, 3.8) is 0 Å². The monoisotopic (exact) mass is 708 g/mol. The molecule has 3 heteroatoms. The first-order chi connectivity index (χ1) is 26.9. The molecule has 0 bridgehead atoms. The first-order valence-corrected chi connectivity index (χ1v) is 19.0. The minimum absolute atomic E-state index is 0.184. The Labute approximate surface area is 323 Å². The molecule has 8 aromatic carbocycles. The maximum Gasteiger partial charge on any atom is 0.151 e. The fourth-order valence-electron chi connectivity index (χ4n) is 8.50. The summed E-state index contributed by atoms with van der Waals surface area (Å²) in [6, 6.07) is 67.6. The van der Waals surface area contributed by atoms with Crippen LogP contribution in [0.5, 0.6) is 11.5 Å². The minimum atomic E-state index is -0.184. The van der Waals surface area contributed by atoms with E-state index < -0.39 is 0 Å². The Hall–Kier alpha value is -6.84. The predicted molar refractivity (Wildman–Crippen MR) is 229 cm³/mol. The molecule has 0 radical (unpaired) electrons. The number of fused-ring (bicyclic) bond motifs is 4. The Morgan fingerprint density at radius 2 is 0.891 bits per heavy atom. The Balaban J connectivity index is 0.969. The quantitative estimate of drug-likeness (QED) is 0.171. The number of aryl methyl sites for hydroxylation is 1. The Morgan fingerprint density at radius 3 is 1.51 bits per heavy atom. The summed E-state index contributed by atoms with van der Waals surface area (Å²) in [5.74, 6) is 1.80. The van der Waals surface area contributed by atoms with Crippen molar-refractivity contribution in [3.8, 4) is 44.9 Å². The first kappa shape index (κ1) is 32.8. The Morgan fingerprint density at radius 1 is 0.418 bits per heavy atom. The van der Waals surface area contributed by atoms with Crippen LogP contribution in [-0.4, -0.2) is 0 Å². The molecule has 2 heterocycles. The molecule has 0 atom stereocenters. The van der Waals surface area contributed by atoms with Crippen molar-refractivity contribution >= 4 is 34.1 Å². The molecule has 10 rings (SSSR count). The van der Waals surface area contributed by atoms with Gasteiger partial charge in [-0.05, 0) is 112 Å². The molecule has 0 N–H and O–H groups in total.